The van der Waals surface area contributed by atoms with Crippen LogP contribution < -0.4 is 15.0 Å². The van der Waals surface area contributed by atoms with E-state index in [0.717, 1.165) is 26.1 Å². The van der Waals surface area contributed by atoms with Gasteiger partial charge in [-0.1, -0.05) is 6.92 Å². The molecular weight excluding hydrogens is 272 g/mol. The summed E-state index contributed by atoms with van der Waals surface area (Å²) in [5, 5.41) is 14.7. The van der Waals surface area contributed by atoms with Gasteiger partial charge in [0.2, 0.25) is 11.7 Å². The number of nitrogens with one attached hydrogen (secondary N) is 1. The summed E-state index contributed by atoms with van der Waals surface area (Å²) in [6, 6.07) is 3.32. The molecule has 0 spiro atoms. The number of methoxy groups -OCH3 is 1. The Labute approximate surface area is 123 Å². The molecule has 21 heavy (non-hydrogen) atoms. The third-order valence-corrected chi connectivity index (χ3v) is 4.64. The van der Waals surface area contributed by atoms with Crippen LogP contribution in [-0.2, 0) is 0 Å². The Balaban J connectivity index is 2.00. The van der Waals surface area contributed by atoms with E-state index in [1.807, 2.05) is 0 Å². The molecule has 2 aliphatic heterocycles. The number of ether oxygens (including phenoxy) is 1. The van der Waals surface area contributed by atoms with Crippen LogP contribution in [-0.4, -0.2) is 42.7 Å². The van der Waals surface area contributed by atoms with Gasteiger partial charge in [-0.2, -0.15) is 4.98 Å². The lowest BCUT2D eigenvalue weighted by Crippen LogP contribution is -2.36. The molecule has 3 unspecified atom stereocenters. The molecule has 0 bridgehead atoms. The molecule has 0 aliphatic carbocycles. The second-order valence-corrected chi connectivity index (χ2v) is 5.66. The van der Waals surface area contributed by atoms with Gasteiger partial charge in [-0.25, -0.2) is 0 Å². The van der Waals surface area contributed by atoms with Crippen molar-refractivity contribution in [1.29, 1.82) is 0 Å². The van der Waals surface area contributed by atoms with Gasteiger partial charge < -0.3 is 15.0 Å². The van der Waals surface area contributed by atoms with Crippen molar-refractivity contribution in [3.63, 3.8) is 0 Å². The molecule has 1 aromatic heterocycles. The average Bonchev–Trinajstić information content (AvgIpc) is 3.06. The van der Waals surface area contributed by atoms with E-state index in [-0.39, 0.29) is 10.6 Å². The van der Waals surface area contributed by atoms with E-state index in [0.29, 0.717) is 29.6 Å². The van der Waals surface area contributed by atoms with Crippen LogP contribution in [0.2, 0.25) is 0 Å². The number of hydrogen-bond donors (Lipinski definition) is 1. The molecule has 1 aromatic rings. The first-order valence-electron chi connectivity index (χ1n) is 7.32. The van der Waals surface area contributed by atoms with Crippen molar-refractivity contribution in [2.75, 3.05) is 31.6 Å². The smallest absolute Gasteiger partial charge is 0.311 e. The summed E-state index contributed by atoms with van der Waals surface area (Å²) in [5.74, 6) is 1.95. The Hall–Kier alpha value is -1.89. The molecule has 3 rings (SSSR count). The third-order valence-electron chi connectivity index (χ3n) is 4.64. The number of anilines is 1. The van der Waals surface area contributed by atoms with Crippen molar-refractivity contribution in [2.24, 2.45) is 11.8 Å². The lowest BCUT2D eigenvalue weighted by Gasteiger charge is -2.27. The van der Waals surface area contributed by atoms with Gasteiger partial charge in [0.25, 0.3) is 0 Å². The first kappa shape index (κ1) is 14.1. The Morgan fingerprint density at radius 1 is 1.52 bits per heavy atom. The Bertz CT molecular complexity index is 551. The fourth-order valence-electron chi connectivity index (χ4n) is 3.68. The second kappa shape index (κ2) is 5.48. The van der Waals surface area contributed by atoms with Gasteiger partial charge in [0, 0.05) is 37.8 Å². The third kappa shape index (κ3) is 2.31. The molecule has 3 atom stereocenters. The number of rotatable bonds is 4. The van der Waals surface area contributed by atoms with Gasteiger partial charge in [0.1, 0.15) is 0 Å². The van der Waals surface area contributed by atoms with Crippen LogP contribution in [0.15, 0.2) is 12.1 Å². The van der Waals surface area contributed by atoms with Crippen molar-refractivity contribution < 1.29 is 9.66 Å². The molecule has 7 nitrogen and oxygen atoms in total. The van der Waals surface area contributed by atoms with Crippen LogP contribution in [0.4, 0.5) is 11.5 Å². The van der Waals surface area contributed by atoms with Crippen LogP contribution in [0.3, 0.4) is 0 Å². The summed E-state index contributed by atoms with van der Waals surface area (Å²) in [4.78, 5) is 17.4. The summed E-state index contributed by atoms with van der Waals surface area (Å²) < 4.78 is 5.14. The first-order chi connectivity index (χ1) is 10.2. The zero-order chi connectivity index (χ0) is 15.0. The quantitative estimate of drug-likeness (QED) is 0.668. The fourth-order valence-corrected chi connectivity index (χ4v) is 3.68. The number of nitrogens with zero attached hydrogens (tertiary/aromatic N) is 3. The van der Waals surface area contributed by atoms with Crippen LogP contribution >= 0.6 is 0 Å². The highest BCUT2D eigenvalue weighted by molar-refractivity contribution is 5.60. The fraction of sp³-hybridized carbons (Fsp3) is 0.643. The van der Waals surface area contributed by atoms with E-state index < -0.39 is 0 Å². The second-order valence-electron chi connectivity index (χ2n) is 5.66. The number of fused-ring (bicyclic) bond motifs is 1. The van der Waals surface area contributed by atoms with Gasteiger partial charge in [-0.05, 0) is 18.3 Å². The van der Waals surface area contributed by atoms with Crippen molar-refractivity contribution in [1.82, 2.24) is 10.3 Å². The molecule has 114 valence electrons. The van der Waals surface area contributed by atoms with Gasteiger partial charge in [-0.15, -0.1) is 0 Å². The highest BCUT2D eigenvalue weighted by Gasteiger charge is 2.45. The van der Waals surface area contributed by atoms with Gasteiger partial charge in [-0.3, -0.25) is 10.1 Å². The predicted octanol–water partition coefficient (Wildman–Crippen LogP) is 1.43. The normalized spacial score (nSPS) is 27.7. The van der Waals surface area contributed by atoms with E-state index in [1.165, 1.54) is 13.2 Å². The summed E-state index contributed by atoms with van der Waals surface area (Å²) in [7, 11) is 1.53. The monoisotopic (exact) mass is 292 g/mol. The molecule has 0 radical (unpaired) electrons. The van der Waals surface area contributed by atoms with Crippen molar-refractivity contribution in [3.8, 4) is 5.88 Å². The zero-order valence-corrected chi connectivity index (χ0v) is 12.3. The first-order valence-corrected chi connectivity index (χ1v) is 7.32. The Kier molecular flexibility index (Phi) is 3.67. The number of nitro groups is 1. The van der Waals surface area contributed by atoms with Crippen LogP contribution in [0.5, 0.6) is 5.88 Å². The zero-order valence-electron chi connectivity index (χ0n) is 12.3. The van der Waals surface area contributed by atoms with E-state index in [9.17, 15) is 10.1 Å². The average molecular weight is 292 g/mol. The minimum Gasteiger partial charge on any atom is -0.481 e. The maximum absolute atomic E-state index is 11.3. The minimum atomic E-state index is -0.360. The molecule has 0 saturated carbocycles. The van der Waals surface area contributed by atoms with Gasteiger partial charge in [0.05, 0.1) is 12.0 Å². The Morgan fingerprint density at radius 2 is 2.33 bits per heavy atom. The molecule has 2 saturated heterocycles. The number of hydrogen-bond acceptors (Lipinski definition) is 6. The number of pyridine rings is 1. The van der Waals surface area contributed by atoms with E-state index in [1.54, 1.807) is 6.07 Å². The van der Waals surface area contributed by atoms with E-state index in [4.69, 9.17) is 4.74 Å². The SMILES string of the molecule is CCC1C2CNCC2CN1c1nc(OC)ccc1[N+](=O)[O-]. The van der Waals surface area contributed by atoms with Crippen LogP contribution in [0, 0.1) is 22.0 Å². The lowest BCUT2D eigenvalue weighted by atomic mass is 9.93. The molecule has 1 N–H and O–H groups in total. The molecule has 2 fully saturated rings. The van der Waals surface area contributed by atoms with Crippen molar-refractivity contribution >= 4 is 11.5 Å². The summed E-state index contributed by atoms with van der Waals surface area (Å²) >= 11 is 0. The minimum absolute atomic E-state index is 0.0576. The van der Waals surface area contributed by atoms with E-state index >= 15 is 0 Å². The molecule has 0 aromatic carbocycles. The largest absolute Gasteiger partial charge is 0.481 e. The highest BCUT2D eigenvalue weighted by Crippen LogP contribution is 2.40. The van der Waals surface area contributed by atoms with E-state index in [2.05, 4.69) is 22.1 Å². The maximum Gasteiger partial charge on any atom is 0.311 e. The van der Waals surface area contributed by atoms with Crippen molar-refractivity contribution in [3.05, 3.63) is 22.2 Å². The topological polar surface area (TPSA) is 80.5 Å². The standard InChI is InChI=1S/C14H20N4O3/c1-3-11-10-7-15-6-9(10)8-17(11)14-12(18(19)20)4-5-13(16-14)21-2/h4-5,9-11,15H,3,6-8H2,1-2H3. The molecule has 3 heterocycles. The number of aromatic nitrogens is 1. The summed E-state index contributed by atoms with van der Waals surface area (Å²) in [6.07, 6.45) is 0.957. The van der Waals surface area contributed by atoms with Gasteiger partial charge >= 0.3 is 5.69 Å². The van der Waals surface area contributed by atoms with Crippen LogP contribution in [0.1, 0.15) is 13.3 Å². The maximum atomic E-state index is 11.3. The molecule has 7 heteroatoms. The predicted molar refractivity (Wildman–Crippen MR) is 78.7 cm³/mol. The molecule has 2 aliphatic rings. The lowest BCUT2D eigenvalue weighted by molar-refractivity contribution is -0.384. The van der Waals surface area contributed by atoms with Crippen molar-refractivity contribution in [2.45, 2.75) is 19.4 Å². The molecular formula is C14H20N4O3. The summed E-state index contributed by atoms with van der Waals surface area (Å²) in [6.45, 7) is 4.91. The molecule has 0 amide bonds. The summed E-state index contributed by atoms with van der Waals surface area (Å²) in [5.41, 5.74) is 0.0576. The van der Waals surface area contributed by atoms with Crippen LogP contribution in [0.25, 0.3) is 0 Å². The highest BCUT2D eigenvalue weighted by atomic mass is 16.6. The Morgan fingerprint density at radius 3 is 3.00 bits per heavy atom. The van der Waals surface area contributed by atoms with Gasteiger partial charge in [0.15, 0.2) is 0 Å².